The zero-order chi connectivity index (χ0) is 15.4. The lowest BCUT2D eigenvalue weighted by Gasteiger charge is -2.04. The maximum atomic E-state index is 5.93. The first-order valence-electron chi connectivity index (χ1n) is 7.06. The van der Waals surface area contributed by atoms with Gasteiger partial charge in [0.1, 0.15) is 5.69 Å². The van der Waals surface area contributed by atoms with Gasteiger partial charge in [0.15, 0.2) is 0 Å². The van der Waals surface area contributed by atoms with Gasteiger partial charge in [0.2, 0.25) is 5.95 Å². The van der Waals surface area contributed by atoms with Crippen molar-refractivity contribution in [2.45, 2.75) is 6.92 Å². The van der Waals surface area contributed by atoms with Gasteiger partial charge in [0, 0.05) is 37.4 Å². The van der Waals surface area contributed by atoms with Crippen LogP contribution in [0.1, 0.15) is 5.56 Å². The second-order valence-electron chi connectivity index (χ2n) is 5.55. The molecule has 110 valence electrons. The van der Waals surface area contributed by atoms with Crippen LogP contribution in [0.25, 0.3) is 33.2 Å². The number of aryl methyl sites for hydroxylation is 3. The van der Waals surface area contributed by atoms with Gasteiger partial charge in [0.05, 0.1) is 16.6 Å². The van der Waals surface area contributed by atoms with Crippen molar-refractivity contribution in [3.05, 3.63) is 36.2 Å². The minimum absolute atomic E-state index is 0.516. The van der Waals surface area contributed by atoms with Gasteiger partial charge >= 0.3 is 0 Å². The molecule has 3 heterocycles. The van der Waals surface area contributed by atoms with Crippen molar-refractivity contribution in [1.29, 1.82) is 0 Å². The summed E-state index contributed by atoms with van der Waals surface area (Å²) in [5.41, 5.74) is 12.0. The number of nitrogens with zero attached hydrogens (tertiary/aromatic N) is 5. The molecule has 0 saturated heterocycles. The van der Waals surface area contributed by atoms with Gasteiger partial charge in [-0.15, -0.1) is 0 Å². The Balaban J connectivity index is 2.05. The van der Waals surface area contributed by atoms with Gasteiger partial charge in [-0.25, -0.2) is 4.98 Å². The molecule has 0 unspecified atom stereocenters. The Kier molecular flexibility index (Phi) is 2.51. The quantitative estimate of drug-likeness (QED) is 0.584. The first-order valence-corrected chi connectivity index (χ1v) is 7.06. The highest BCUT2D eigenvalue weighted by atomic mass is 15.3. The maximum Gasteiger partial charge on any atom is 0.200 e. The molecule has 0 amide bonds. The smallest absolute Gasteiger partial charge is 0.200 e. The number of hydrogen-bond acceptors (Lipinski definition) is 4. The number of imidazole rings is 1. The molecular formula is C16H16N6. The number of fused-ring (bicyclic) bond motifs is 2. The molecule has 0 aliphatic carbocycles. The van der Waals surface area contributed by atoms with Gasteiger partial charge < -0.3 is 10.3 Å². The van der Waals surface area contributed by atoms with Crippen LogP contribution in [0.3, 0.4) is 0 Å². The van der Waals surface area contributed by atoms with Crippen LogP contribution < -0.4 is 5.73 Å². The Labute approximate surface area is 127 Å². The summed E-state index contributed by atoms with van der Waals surface area (Å²) in [5, 5.41) is 5.68. The van der Waals surface area contributed by atoms with Gasteiger partial charge in [0.25, 0.3) is 0 Å². The fourth-order valence-corrected chi connectivity index (χ4v) is 3.05. The molecule has 0 radical (unpaired) electrons. The second-order valence-corrected chi connectivity index (χ2v) is 5.55. The highest BCUT2D eigenvalue weighted by Gasteiger charge is 2.15. The molecule has 22 heavy (non-hydrogen) atoms. The van der Waals surface area contributed by atoms with Gasteiger partial charge in [-0.2, -0.15) is 5.10 Å². The van der Waals surface area contributed by atoms with Gasteiger partial charge in [-0.1, -0.05) is 0 Å². The monoisotopic (exact) mass is 292 g/mol. The summed E-state index contributed by atoms with van der Waals surface area (Å²) >= 11 is 0. The van der Waals surface area contributed by atoms with Crippen molar-refractivity contribution in [3.63, 3.8) is 0 Å². The van der Waals surface area contributed by atoms with Crippen molar-refractivity contribution in [2.75, 3.05) is 5.73 Å². The van der Waals surface area contributed by atoms with Crippen molar-refractivity contribution in [3.8, 4) is 11.3 Å². The van der Waals surface area contributed by atoms with E-state index in [1.807, 2.05) is 41.7 Å². The highest BCUT2D eigenvalue weighted by molar-refractivity contribution is 5.95. The lowest BCUT2D eigenvalue weighted by atomic mass is 10.0. The normalized spacial score (nSPS) is 11.6. The van der Waals surface area contributed by atoms with Crippen molar-refractivity contribution in [2.24, 2.45) is 14.1 Å². The topological polar surface area (TPSA) is 74.6 Å². The molecule has 3 aromatic heterocycles. The van der Waals surface area contributed by atoms with E-state index < -0.39 is 0 Å². The summed E-state index contributed by atoms with van der Waals surface area (Å²) in [6, 6.07) is 6.13. The van der Waals surface area contributed by atoms with Crippen molar-refractivity contribution < 1.29 is 0 Å². The number of rotatable bonds is 1. The van der Waals surface area contributed by atoms with E-state index in [4.69, 9.17) is 5.73 Å². The maximum absolute atomic E-state index is 5.93. The summed E-state index contributed by atoms with van der Waals surface area (Å²) < 4.78 is 3.78. The Morgan fingerprint density at radius 1 is 1.18 bits per heavy atom. The summed E-state index contributed by atoms with van der Waals surface area (Å²) in [6.07, 6.45) is 3.63. The minimum Gasteiger partial charge on any atom is -0.369 e. The van der Waals surface area contributed by atoms with Gasteiger partial charge in [-0.05, 0) is 30.7 Å². The van der Waals surface area contributed by atoms with Crippen LogP contribution in [0.5, 0.6) is 0 Å². The molecule has 0 aliphatic heterocycles. The predicted molar refractivity (Wildman–Crippen MR) is 87.4 cm³/mol. The third-order valence-corrected chi connectivity index (χ3v) is 4.12. The zero-order valence-electron chi connectivity index (χ0n) is 12.7. The van der Waals surface area contributed by atoms with Crippen LogP contribution in [0.15, 0.2) is 30.6 Å². The molecule has 2 N–H and O–H groups in total. The fourth-order valence-electron chi connectivity index (χ4n) is 3.05. The number of aromatic nitrogens is 5. The Bertz CT molecular complexity index is 1020. The van der Waals surface area contributed by atoms with Crippen LogP contribution in [0, 0.1) is 6.92 Å². The Hall–Kier alpha value is -2.89. The minimum atomic E-state index is 0.516. The van der Waals surface area contributed by atoms with E-state index >= 15 is 0 Å². The number of anilines is 1. The average molecular weight is 292 g/mol. The van der Waals surface area contributed by atoms with Gasteiger partial charge in [-0.3, -0.25) is 9.67 Å². The Morgan fingerprint density at radius 3 is 2.82 bits per heavy atom. The van der Waals surface area contributed by atoms with E-state index in [-0.39, 0.29) is 0 Å². The molecule has 6 heteroatoms. The number of pyridine rings is 1. The van der Waals surface area contributed by atoms with E-state index in [9.17, 15) is 0 Å². The fraction of sp³-hybridized carbons (Fsp3) is 0.188. The molecule has 1 aromatic carbocycles. The Morgan fingerprint density at radius 2 is 2.00 bits per heavy atom. The molecule has 0 atom stereocenters. The van der Waals surface area contributed by atoms with E-state index in [1.54, 1.807) is 6.20 Å². The van der Waals surface area contributed by atoms with Crippen LogP contribution in [0.4, 0.5) is 5.95 Å². The number of hydrogen-bond donors (Lipinski definition) is 1. The molecule has 0 aliphatic rings. The third-order valence-electron chi connectivity index (χ3n) is 4.12. The van der Waals surface area contributed by atoms with E-state index in [2.05, 4.69) is 28.1 Å². The lowest BCUT2D eigenvalue weighted by molar-refractivity contribution is 0.800. The lowest BCUT2D eigenvalue weighted by Crippen LogP contribution is -1.97. The second kappa shape index (κ2) is 4.30. The largest absolute Gasteiger partial charge is 0.369 e. The first kappa shape index (κ1) is 12.8. The van der Waals surface area contributed by atoms with E-state index in [0.29, 0.717) is 5.95 Å². The summed E-state index contributed by atoms with van der Waals surface area (Å²) in [4.78, 5) is 8.66. The third kappa shape index (κ3) is 1.64. The van der Waals surface area contributed by atoms with E-state index in [1.165, 1.54) is 0 Å². The van der Waals surface area contributed by atoms with Crippen molar-refractivity contribution in [1.82, 2.24) is 24.3 Å². The van der Waals surface area contributed by atoms with Crippen molar-refractivity contribution >= 4 is 27.9 Å². The SMILES string of the molecule is Cc1cc(-c2nn(C)c3ccncc23)cc2nc(N)n(C)c12. The predicted octanol–water partition coefficient (Wildman–Crippen LogP) is 2.41. The summed E-state index contributed by atoms with van der Waals surface area (Å²) in [5.74, 6) is 0.516. The molecule has 0 fully saturated rings. The van der Waals surface area contributed by atoms with Crippen LogP contribution in [-0.4, -0.2) is 24.3 Å². The molecule has 4 aromatic rings. The molecule has 6 nitrogen and oxygen atoms in total. The molecule has 0 spiro atoms. The van der Waals surface area contributed by atoms with E-state index in [0.717, 1.165) is 38.8 Å². The molecule has 0 saturated carbocycles. The zero-order valence-corrected chi connectivity index (χ0v) is 12.7. The molecule has 4 rings (SSSR count). The van der Waals surface area contributed by atoms with Crippen LogP contribution in [0.2, 0.25) is 0 Å². The molecular weight excluding hydrogens is 276 g/mol. The summed E-state index contributed by atoms with van der Waals surface area (Å²) in [6.45, 7) is 2.07. The highest BCUT2D eigenvalue weighted by Crippen LogP contribution is 2.31. The molecule has 0 bridgehead atoms. The number of nitrogen functional groups attached to an aromatic ring is 1. The number of benzene rings is 1. The van der Waals surface area contributed by atoms with Crippen LogP contribution in [-0.2, 0) is 14.1 Å². The first-order chi connectivity index (χ1) is 10.6. The number of nitrogens with two attached hydrogens (primary N) is 1. The average Bonchev–Trinajstić information content (AvgIpc) is 2.98. The van der Waals surface area contributed by atoms with Crippen LogP contribution >= 0.6 is 0 Å². The standard InChI is InChI=1S/C16H16N6/c1-9-6-10(7-12-15(9)21(2)16(17)19-12)14-11-8-18-5-4-13(11)22(3)20-14/h4-8H,1-3H3,(H2,17,19). The summed E-state index contributed by atoms with van der Waals surface area (Å²) in [7, 11) is 3.87.